The van der Waals surface area contributed by atoms with Crippen molar-refractivity contribution < 1.29 is 26.6 Å². The Balaban J connectivity index is 1.75. The summed E-state index contributed by atoms with van der Waals surface area (Å²) < 4.78 is 48.2. The molecule has 3 rings (SSSR count). The van der Waals surface area contributed by atoms with E-state index in [1.165, 1.54) is 24.1 Å². The number of halogens is 2. The lowest BCUT2D eigenvalue weighted by Gasteiger charge is -2.21. The van der Waals surface area contributed by atoms with E-state index in [1.54, 1.807) is 19.1 Å². The van der Waals surface area contributed by atoms with Gasteiger partial charge in [-0.15, -0.1) is 4.28 Å². The van der Waals surface area contributed by atoms with Crippen LogP contribution in [0.2, 0.25) is 5.15 Å². The molecule has 166 valence electrons. The number of aromatic nitrogens is 3. The Morgan fingerprint density at radius 1 is 1.42 bits per heavy atom. The Labute approximate surface area is 182 Å². The van der Waals surface area contributed by atoms with Gasteiger partial charge in [0.05, 0.1) is 24.2 Å². The summed E-state index contributed by atoms with van der Waals surface area (Å²) in [5.41, 5.74) is 0.542. The van der Waals surface area contributed by atoms with Crippen LogP contribution in [0.4, 0.5) is 15.0 Å². The monoisotopic (exact) mass is 472 g/mol. The van der Waals surface area contributed by atoms with Gasteiger partial charge in [0, 0.05) is 18.8 Å². The van der Waals surface area contributed by atoms with Crippen LogP contribution in [0, 0.1) is 0 Å². The maximum absolute atomic E-state index is 14.6. The fourth-order valence-corrected chi connectivity index (χ4v) is 3.40. The van der Waals surface area contributed by atoms with E-state index < -0.39 is 28.1 Å². The molecule has 31 heavy (non-hydrogen) atoms. The summed E-state index contributed by atoms with van der Waals surface area (Å²) in [6.45, 7) is 1.34. The molecule has 0 aromatic carbocycles. The standard InChI is InChI=1S/C17H18ClFN6O5S/c1-10(11-5-4-6-20-15(11)18)29-17(26)23-16-12(7-22-24(16)2)14-13(19)8-25(9-21-14)30-31(3,27)28/h4-8,10H,9H2,1-3H3,(H,23,26)/t10-/m1/s1. The predicted octanol–water partition coefficient (Wildman–Crippen LogP) is 2.54. The molecule has 0 fully saturated rings. The van der Waals surface area contributed by atoms with Crippen LogP contribution >= 0.6 is 11.6 Å². The van der Waals surface area contributed by atoms with E-state index in [0.29, 0.717) is 5.56 Å². The number of pyridine rings is 1. The number of carbonyl (C=O) groups is 1. The molecule has 0 radical (unpaired) electrons. The first kappa shape index (κ1) is 22.7. The highest BCUT2D eigenvalue weighted by Crippen LogP contribution is 2.26. The molecule has 1 amide bonds. The number of nitrogens with zero attached hydrogens (tertiary/aromatic N) is 5. The molecular formula is C17H18ClFN6O5S. The van der Waals surface area contributed by atoms with Gasteiger partial charge in [-0.2, -0.15) is 13.5 Å². The molecule has 11 nitrogen and oxygen atoms in total. The van der Waals surface area contributed by atoms with Crippen molar-refractivity contribution in [2.75, 3.05) is 18.2 Å². The van der Waals surface area contributed by atoms with Crippen LogP contribution in [0.25, 0.3) is 0 Å². The van der Waals surface area contributed by atoms with Crippen molar-refractivity contribution in [2.24, 2.45) is 12.0 Å². The van der Waals surface area contributed by atoms with Crippen molar-refractivity contribution in [3.8, 4) is 0 Å². The summed E-state index contributed by atoms with van der Waals surface area (Å²) in [5.74, 6) is -0.760. The highest BCUT2D eigenvalue weighted by Gasteiger charge is 2.25. The highest BCUT2D eigenvalue weighted by molar-refractivity contribution is 7.85. The maximum atomic E-state index is 14.6. The van der Waals surface area contributed by atoms with E-state index in [4.69, 9.17) is 16.3 Å². The largest absolute Gasteiger partial charge is 0.441 e. The van der Waals surface area contributed by atoms with E-state index in [9.17, 15) is 17.6 Å². The first-order chi connectivity index (χ1) is 14.5. The van der Waals surface area contributed by atoms with Crippen molar-refractivity contribution >= 4 is 39.3 Å². The number of anilines is 1. The third-order valence-electron chi connectivity index (χ3n) is 4.01. The van der Waals surface area contributed by atoms with Crippen LogP contribution in [-0.4, -0.2) is 53.0 Å². The second kappa shape index (κ2) is 8.99. The molecule has 1 atom stereocenters. The lowest BCUT2D eigenvalue weighted by atomic mass is 10.1. The van der Waals surface area contributed by atoms with Crippen molar-refractivity contribution in [3.63, 3.8) is 0 Å². The summed E-state index contributed by atoms with van der Waals surface area (Å²) in [7, 11) is -2.31. The van der Waals surface area contributed by atoms with E-state index in [0.717, 1.165) is 17.5 Å². The molecule has 0 aliphatic carbocycles. The number of allylic oxidation sites excluding steroid dienone is 1. The molecule has 2 aromatic heterocycles. The zero-order valence-corrected chi connectivity index (χ0v) is 18.2. The van der Waals surface area contributed by atoms with Crippen molar-refractivity contribution in [2.45, 2.75) is 13.0 Å². The minimum atomic E-state index is -3.85. The summed E-state index contributed by atoms with van der Waals surface area (Å²) in [4.78, 5) is 20.3. The molecule has 0 spiro atoms. The number of amides is 1. The Hall–Kier alpha value is -3.03. The minimum Gasteiger partial charge on any atom is -0.441 e. The number of aliphatic imine (C=N–C) groups is 1. The molecular weight excluding hydrogens is 455 g/mol. The second-order valence-corrected chi connectivity index (χ2v) is 8.32. The predicted molar refractivity (Wildman–Crippen MR) is 109 cm³/mol. The Bertz CT molecular complexity index is 1170. The Morgan fingerprint density at radius 3 is 2.81 bits per heavy atom. The first-order valence-electron chi connectivity index (χ1n) is 8.74. The Morgan fingerprint density at radius 2 is 2.16 bits per heavy atom. The molecule has 1 aliphatic heterocycles. The van der Waals surface area contributed by atoms with Crippen LogP contribution in [0.15, 0.2) is 41.5 Å². The maximum Gasteiger partial charge on any atom is 0.413 e. The van der Waals surface area contributed by atoms with E-state index in [-0.39, 0.29) is 28.9 Å². The minimum absolute atomic E-state index is 0.120. The van der Waals surface area contributed by atoms with Crippen LogP contribution < -0.4 is 5.32 Å². The van der Waals surface area contributed by atoms with Gasteiger partial charge in [0.1, 0.15) is 29.5 Å². The highest BCUT2D eigenvalue weighted by atomic mass is 35.5. The molecule has 1 aliphatic rings. The number of hydrogen-bond donors (Lipinski definition) is 1. The molecule has 0 saturated heterocycles. The Kier molecular flexibility index (Phi) is 6.57. The number of hydrogen-bond acceptors (Lipinski definition) is 9. The smallest absolute Gasteiger partial charge is 0.413 e. The summed E-state index contributed by atoms with van der Waals surface area (Å²) >= 11 is 6.01. The van der Waals surface area contributed by atoms with E-state index in [2.05, 4.69) is 24.7 Å². The topological polar surface area (TPSA) is 128 Å². The van der Waals surface area contributed by atoms with Crippen molar-refractivity contribution in [1.82, 2.24) is 19.8 Å². The lowest BCUT2D eigenvalue weighted by molar-refractivity contribution is 0.00155. The fraction of sp³-hybridized carbons (Fsp3) is 0.294. The number of hydroxylamine groups is 2. The van der Waals surface area contributed by atoms with Gasteiger partial charge in [-0.25, -0.2) is 19.2 Å². The summed E-state index contributed by atoms with van der Waals surface area (Å²) in [6.07, 6.45) is 2.94. The zero-order valence-electron chi connectivity index (χ0n) is 16.6. The summed E-state index contributed by atoms with van der Waals surface area (Å²) in [5, 5.41) is 7.45. The number of carbonyl (C=O) groups excluding carboxylic acids is 1. The average molecular weight is 473 g/mol. The van der Waals surface area contributed by atoms with Gasteiger partial charge in [-0.1, -0.05) is 17.7 Å². The summed E-state index contributed by atoms with van der Waals surface area (Å²) in [6, 6.07) is 3.33. The second-order valence-electron chi connectivity index (χ2n) is 6.41. The van der Waals surface area contributed by atoms with Gasteiger partial charge in [-0.3, -0.25) is 15.0 Å². The lowest BCUT2D eigenvalue weighted by Crippen LogP contribution is -2.27. The molecule has 0 unspecified atom stereocenters. The van der Waals surface area contributed by atoms with Crippen LogP contribution in [0.3, 0.4) is 0 Å². The fourth-order valence-electron chi connectivity index (χ4n) is 2.69. The molecule has 0 bridgehead atoms. The van der Waals surface area contributed by atoms with Gasteiger partial charge in [-0.05, 0) is 13.0 Å². The van der Waals surface area contributed by atoms with E-state index in [1.807, 2.05) is 0 Å². The zero-order chi connectivity index (χ0) is 22.8. The number of aryl methyl sites for hydroxylation is 1. The first-order valence-corrected chi connectivity index (χ1v) is 10.9. The van der Waals surface area contributed by atoms with Crippen LogP contribution in [0.5, 0.6) is 0 Å². The molecule has 1 N–H and O–H groups in total. The SMILES string of the molecule is C[C@@H](OC(=O)Nc1c(C2=NCN(OS(C)(=O)=O)C=C2F)cnn1C)c1cccnc1Cl. The third-order valence-corrected chi connectivity index (χ3v) is 4.79. The van der Waals surface area contributed by atoms with Gasteiger partial charge in [0.2, 0.25) is 0 Å². The normalized spacial score (nSPS) is 15.2. The van der Waals surface area contributed by atoms with E-state index >= 15 is 0 Å². The van der Waals surface area contributed by atoms with Crippen LogP contribution in [-0.2, 0) is 26.2 Å². The molecule has 2 aromatic rings. The van der Waals surface area contributed by atoms with Crippen LogP contribution in [0.1, 0.15) is 24.2 Å². The quantitative estimate of drug-likeness (QED) is 0.635. The molecule has 3 heterocycles. The van der Waals surface area contributed by atoms with Gasteiger partial charge < -0.3 is 4.74 Å². The number of rotatable bonds is 6. The number of nitrogens with one attached hydrogen (secondary N) is 1. The van der Waals surface area contributed by atoms with Gasteiger partial charge >= 0.3 is 6.09 Å². The third kappa shape index (κ3) is 5.57. The van der Waals surface area contributed by atoms with Crippen molar-refractivity contribution in [3.05, 3.63) is 52.8 Å². The van der Waals surface area contributed by atoms with Gasteiger partial charge in [0.15, 0.2) is 5.83 Å². The van der Waals surface area contributed by atoms with Crippen molar-refractivity contribution in [1.29, 1.82) is 0 Å². The molecule has 0 saturated carbocycles. The number of ether oxygens (including phenoxy) is 1. The average Bonchev–Trinajstić information content (AvgIpc) is 3.01. The van der Waals surface area contributed by atoms with Gasteiger partial charge in [0.25, 0.3) is 10.1 Å². The molecule has 14 heteroatoms.